The highest BCUT2D eigenvalue weighted by Crippen LogP contribution is 2.24. The van der Waals surface area contributed by atoms with Crippen LogP contribution >= 0.6 is 15.9 Å². The van der Waals surface area contributed by atoms with Crippen LogP contribution in [-0.2, 0) is 6.54 Å². The van der Waals surface area contributed by atoms with E-state index in [0.717, 1.165) is 30.7 Å². The molecule has 0 saturated heterocycles. The monoisotopic (exact) mass is 340 g/mol. The fourth-order valence-electron chi connectivity index (χ4n) is 2.86. The van der Waals surface area contributed by atoms with E-state index in [1.165, 1.54) is 18.4 Å². The number of nitrogens with one attached hydrogen (secondary N) is 1. The summed E-state index contributed by atoms with van der Waals surface area (Å²) in [7, 11) is 2.22. The molecule has 0 radical (unpaired) electrons. The van der Waals surface area contributed by atoms with Crippen LogP contribution in [0.4, 0.5) is 0 Å². The third-order valence-corrected chi connectivity index (χ3v) is 4.20. The highest BCUT2D eigenvalue weighted by Gasteiger charge is 2.24. The molecule has 0 bridgehead atoms. The Bertz CT molecular complexity index is 377. The molecule has 0 amide bonds. The van der Waals surface area contributed by atoms with Gasteiger partial charge in [0, 0.05) is 24.1 Å². The lowest BCUT2D eigenvalue weighted by atomic mass is 9.84. The first-order valence-corrected chi connectivity index (χ1v) is 8.42. The molecule has 0 aliphatic carbocycles. The molecule has 1 N–H and O–H groups in total. The Morgan fingerprint density at radius 2 is 1.85 bits per heavy atom. The van der Waals surface area contributed by atoms with Crippen molar-refractivity contribution in [2.24, 2.45) is 5.41 Å². The van der Waals surface area contributed by atoms with Crippen molar-refractivity contribution in [3.63, 3.8) is 0 Å². The maximum absolute atomic E-state index is 3.52. The van der Waals surface area contributed by atoms with Gasteiger partial charge in [-0.2, -0.15) is 0 Å². The van der Waals surface area contributed by atoms with Crippen molar-refractivity contribution >= 4 is 15.9 Å². The van der Waals surface area contributed by atoms with Crippen molar-refractivity contribution < 1.29 is 0 Å². The highest BCUT2D eigenvalue weighted by molar-refractivity contribution is 9.10. The normalized spacial score (nSPS) is 14.5. The van der Waals surface area contributed by atoms with Crippen molar-refractivity contribution in [3.8, 4) is 0 Å². The number of hydrogen-bond donors (Lipinski definition) is 1. The standard InChI is InChI=1S/C17H29BrN2/c1-5-11-17(3,13-19-6-2)14-20(4)12-15-7-9-16(18)10-8-15/h7-10,19H,5-6,11-14H2,1-4H3. The van der Waals surface area contributed by atoms with Gasteiger partial charge in [-0.3, -0.25) is 0 Å². The molecule has 0 spiro atoms. The van der Waals surface area contributed by atoms with Gasteiger partial charge in [0.25, 0.3) is 0 Å². The predicted octanol–water partition coefficient (Wildman–Crippen LogP) is 4.30. The fraction of sp³-hybridized carbons (Fsp3) is 0.647. The third kappa shape index (κ3) is 6.38. The highest BCUT2D eigenvalue weighted by atomic mass is 79.9. The Balaban J connectivity index is 2.56. The van der Waals surface area contributed by atoms with E-state index >= 15 is 0 Å². The summed E-state index contributed by atoms with van der Waals surface area (Å²) in [5.41, 5.74) is 1.73. The molecule has 2 nitrogen and oxygen atoms in total. The zero-order valence-corrected chi connectivity index (χ0v) is 15.0. The van der Waals surface area contributed by atoms with E-state index in [-0.39, 0.29) is 0 Å². The van der Waals surface area contributed by atoms with E-state index in [1.54, 1.807) is 0 Å². The molecule has 20 heavy (non-hydrogen) atoms. The molecule has 0 aromatic heterocycles. The molecule has 0 aliphatic heterocycles. The molecule has 1 aromatic rings. The molecular formula is C17H29BrN2. The Labute approximate surface area is 133 Å². The number of nitrogens with zero attached hydrogens (tertiary/aromatic N) is 1. The Morgan fingerprint density at radius 1 is 1.20 bits per heavy atom. The zero-order valence-electron chi connectivity index (χ0n) is 13.4. The van der Waals surface area contributed by atoms with Crippen molar-refractivity contribution in [2.75, 3.05) is 26.7 Å². The molecule has 114 valence electrons. The van der Waals surface area contributed by atoms with Gasteiger partial charge in [-0.25, -0.2) is 0 Å². The number of benzene rings is 1. The molecular weight excluding hydrogens is 312 g/mol. The van der Waals surface area contributed by atoms with E-state index in [4.69, 9.17) is 0 Å². The van der Waals surface area contributed by atoms with Crippen LogP contribution < -0.4 is 5.32 Å². The average Bonchev–Trinajstić information content (AvgIpc) is 2.39. The topological polar surface area (TPSA) is 15.3 Å². The van der Waals surface area contributed by atoms with Gasteiger partial charge in [-0.05, 0) is 43.1 Å². The first kappa shape index (κ1) is 17.7. The van der Waals surface area contributed by atoms with E-state index in [0.29, 0.717) is 5.41 Å². The summed E-state index contributed by atoms with van der Waals surface area (Å²) in [6.45, 7) is 11.1. The van der Waals surface area contributed by atoms with Crippen molar-refractivity contribution in [1.29, 1.82) is 0 Å². The molecule has 1 rings (SSSR count). The van der Waals surface area contributed by atoms with Gasteiger partial charge in [-0.1, -0.05) is 55.3 Å². The summed E-state index contributed by atoms with van der Waals surface area (Å²) in [6, 6.07) is 8.63. The molecule has 0 saturated carbocycles. The minimum atomic E-state index is 0.356. The van der Waals surface area contributed by atoms with Gasteiger partial charge in [0.1, 0.15) is 0 Å². The van der Waals surface area contributed by atoms with Crippen LogP contribution in [0.2, 0.25) is 0 Å². The first-order chi connectivity index (χ1) is 9.49. The van der Waals surface area contributed by atoms with Crippen LogP contribution in [0, 0.1) is 5.41 Å². The maximum Gasteiger partial charge on any atom is 0.0230 e. The predicted molar refractivity (Wildman–Crippen MR) is 92.0 cm³/mol. The summed E-state index contributed by atoms with van der Waals surface area (Å²) < 4.78 is 1.15. The average molecular weight is 341 g/mol. The van der Waals surface area contributed by atoms with Crippen molar-refractivity contribution in [2.45, 2.75) is 40.2 Å². The van der Waals surface area contributed by atoms with Crippen LogP contribution in [0.25, 0.3) is 0 Å². The Kier molecular flexibility index (Phi) is 7.78. The lowest BCUT2D eigenvalue weighted by molar-refractivity contribution is 0.169. The first-order valence-electron chi connectivity index (χ1n) is 7.63. The van der Waals surface area contributed by atoms with Gasteiger partial charge in [-0.15, -0.1) is 0 Å². The van der Waals surface area contributed by atoms with E-state index in [2.05, 4.69) is 78.2 Å². The molecule has 0 fully saturated rings. The van der Waals surface area contributed by atoms with Crippen LogP contribution in [0.15, 0.2) is 28.7 Å². The summed E-state index contributed by atoms with van der Waals surface area (Å²) in [5.74, 6) is 0. The molecule has 1 aromatic carbocycles. The maximum atomic E-state index is 3.52. The minimum absolute atomic E-state index is 0.356. The summed E-state index contributed by atoms with van der Waals surface area (Å²) in [4.78, 5) is 2.44. The van der Waals surface area contributed by atoms with Crippen LogP contribution in [0.3, 0.4) is 0 Å². The summed E-state index contributed by atoms with van der Waals surface area (Å²) in [5, 5.41) is 3.52. The minimum Gasteiger partial charge on any atom is -0.316 e. The van der Waals surface area contributed by atoms with Crippen molar-refractivity contribution in [1.82, 2.24) is 10.2 Å². The van der Waals surface area contributed by atoms with Crippen molar-refractivity contribution in [3.05, 3.63) is 34.3 Å². The zero-order chi connectivity index (χ0) is 15.0. The second kappa shape index (κ2) is 8.81. The lowest BCUT2D eigenvalue weighted by Gasteiger charge is -2.34. The quantitative estimate of drug-likeness (QED) is 0.721. The molecule has 1 atom stereocenters. The van der Waals surface area contributed by atoms with E-state index < -0.39 is 0 Å². The number of rotatable bonds is 9. The van der Waals surface area contributed by atoms with E-state index in [1.807, 2.05) is 0 Å². The second-order valence-electron chi connectivity index (χ2n) is 6.14. The second-order valence-corrected chi connectivity index (χ2v) is 7.06. The van der Waals surface area contributed by atoms with Gasteiger partial charge in [0.05, 0.1) is 0 Å². The van der Waals surface area contributed by atoms with Crippen LogP contribution in [0.5, 0.6) is 0 Å². The Hall–Kier alpha value is -0.380. The van der Waals surface area contributed by atoms with E-state index in [9.17, 15) is 0 Å². The van der Waals surface area contributed by atoms with Gasteiger partial charge >= 0.3 is 0 Å². The summed E-state index contributed by atoms with van der Waals surface area (Å²) >= 11 is 3.49. The van der Waals surface area contributed by atoms with Crippen LogP contribution in [-0.4, -0.2) is 31.6 Å². The van der Waals surface area contributed by atoms with Crippen LogP contribution in [0.1, 0.15) is 39.2 Å². The molecule has 0 aliphatic rings. The Morgan fingerprint density at radius 3 is 2.40 bits per heavy atom. The smallest absolute Gasteiger partial charge is 0.0230 e. The SMILES string of the molecule is CCCC(C)(CNCC)CN(C)Cc1ccc(Br)cc1. The largest absolute Gasteiger partial charge is 0.316 e. The number of halogens is 1. The molecule has 3 heteroatoms. The van der Waals surface area contributed by atoms with Gasteiger partial charge in [0.15, 0.2) is 0 Å². The molecule has 1 unspecified atom stereocenters. The van der Waals surface area contributed by atoms with Gasteiger partial charge < -0.3 is 10.2 Å². The van der Waals surface area contributed by atoms with Gasteiger partial charge in [0.2, 0.25) is 0 Å². The number of hydrogen-bond acceptors (Lipinski definition) is 2. The molecule has 0 heterocycles. The lowest BCUT2D eigenvalue weighted by Crippen LogP contribution is -2.40. The third-order valence-electron chi connectivity index (χ3n) is 3.67. The summed E-state index contributed by atoms with van der Waals surface area (Å²) in [6.07, 6.45) is 2.51. The fourth-order valence-corrected chi connectivity index (χ4v) is 3.13.